The molecular weight excluding hydrogens is 505 g/mol. The maximum Gasteiger partial charge on any atom is 0.495 e. The highest BCUT2D eigenvalue weighted by atomic mass is 127. The Morgan fingerprint density at radius 2 is 1.75 bits per heavy atom. The van der Waals surface area contributed by atoms with Crippen molar-refractivity contribution in [2.75, 3.05) is 5.75 Å². The summed E-state index contributed by atoms with van der Waals surface area (Å²) < 4.78 is 17.1. The van der Waals surface area contributed by atoms with Gasteiger partial charge in [0.25, 0.3) is 0 Å². The molecule has 1 aromatic rings. The molecule has 1 aromatic carbocycles. The fraction of sp³-hybridized carbons (Fsp3) is 0.650. The lowest BCUT2D eigenvalue weighted by Crippen LogP contribution is -2.41. The summed E-state index contributed by atoms with van der Waals surface area (Å²) in [6.45, 7) is 18.8. The summed E-state index contributed by atoms with van der Waals surface area (Å²) in [5, 5.41) is 0. The van der Waals surface area contributed by atoms with Crippen molar-refractivity contribution in [3.8, 4) is 0 Å². The average molecular weight is 540 g/mol. The highest BCUT2D eigenvalue weighted by molar-refractivity contribution is 14.2. The van der Waals surface area contributed by atoms with E-state index in [0.29, 0.717) is 18.1 Å². The fourth-order valence-corrected chi connectivity index (χ4v) is 4.59. The lowest BCUT2D eigenvalue weighted by molar-refractivity contribution is 0.00578. The Morgan fingerprint density at radius 3 is 2.11 bits per heavy atom. The molecule has 8 heteroatoms. The third-order valence-electron chi connectivity index (χ3n) is 4.28. The summed E-state index contributed by atoms with van der Waals surface area (Å²) in [5.74, 6) is 0.989. The second kappa shape index (κ2) is 13.6. The molecule has 2 rings (SSSR count). The first-order chi connectivity index (χ1) is 13.1. The van der Waals surface area contributed by atoms with E-state index in [4.69, 9.17) is 13.8 Å². The molecule has 160 valence electrons. The van der Waals surface area contributed by atoms with Crippen molar-refractivity contribution >= 4 is 59.1 Å². The van der Waals surface area contributed by atoms with Crippen molar-refractivity contribution < 1.29 is 18.6 Å². The van der Waals surface area contributed by atoms with E-state index in [2.05, 4.69) is 29.0 Å². The Hall–Kier alpha value is 0.345. The molecule has 1 heterocycles. The van der Waals surface area contributed by atoms with E-state index < -0.39 is 18.3 Å². The molecule has 0 saturated carbocycles. The number of carbonyl (C=O) groups excluding carboxylic acids is 1. The molecule has 0 amide bonds. The van der Waals surface area contributed by atoms with Crippen LogP contribution in [0.2, 0.25) is 0 Å². The first-order valence-corrected chi connectivity index (χ1v) is 14.7. The number of hydrogen-bond acceptors (Lipinski definition) is 5. The minimum absolute atomic E-state index is 0.397. The maximum absolute atomic E-state index is 11.3. The first kappa shape index (κ1) is 28.3. The number of hydrogen-bond donors (Lipinski definition) is 0. The van der Waals surface area contributed by atoms with Crippen molar-refractivity contribution in [2.24, 2.45) is 0 Å². The molecule has 0 spiro atoms. The minimum atomic E-state index is -0.488. The third-order valence-corrected chi connectivity index (χ3v) is 6.48. The number of thioether (sulfide) groups is 1. The Morgan fingerprint density at radius 1 is 1.21 bits per heavy atom. The van der Waals surface area contributed by atoms with Crippen molar-refractivity contribution in [3.63, 3.8) is 0 Å². The summed E-state index contributed by atoms with van der Waals surface area (Å²) in [6.07, 6.45) is 1.26. The zero-order valence-electron chi connectivity index (χ0n) is 18.6. The van der Waals surface area contributed by atoms with E-state index in [1.807, 2.05) is 73.6 Å². The topological polar surface area (TPSA) is 44.8 Å². The van der Waals surface area contributed by atoms with Gasteiger partial charge in [-0.25, -0.2) is 0 Å². The SMILES string of the molecule is CC.CC(C)OPI.CCSc1ccc(C=O)c(B2OC(C)(C)C(C)(C)O2)c1. The van der Waals surface area contributed by atoms with Gasteiger partial charge in [-0.05, 0) is 86.9 Å². The molecule has 1 unspecified atom stereocenters. The van der Waals surface area contributed by atoms with E-state index >= 15 is 0 Å². The Labute approximate surface area is 191 Å². The molecule has 0 aromatic heterocycles. The molecular formula is C20H35BIO4PS. The normalized spacial score (nSPS) is 17.2. The van der Waals surface area contributed by atoms with Crippen molar-refractivity contribution in [1.29, 1.82) is 0 Å². The molecule has 4 nitrogen and oxygen atoms in total. The highest BCUT2D eigenvalue weighted by Crippen LogP contribution is 2.36. The van der Waals surface area contributed by atoms with Gasteiger partial charge in [0.1, 0.15) is 6.29 Å². The van der Waals surface area contributed by atoms with Crippen molar-refractivity contribution in [3.05, 3.63) is 23.8 Å². The van der Waals surface area contributed by atoms with Crippen LogP contribution in [0.5, 0.6) is 0 Å². The smallest absolute Gasteiger partial charge is 0.399 e. The molecule has 1 aliphatic heterocycles. The molecule has 1 saturated heterocycles. The van der Waals surface area contributed by atoms with Crippen molar-refractivity contribution in [2.45, 2.75) is 84.5 Å². The first-order valence-electron chi connectivity index (χ1n) is 9.66. The van der Waals surface area contributed by atoms with Crippen molar-refractivity contribution in [1.82, 2.24) is 0 Å². The molecule has 1 atom stereocenters. The predicted octanol–water partition coefficient (Wildman–Crippen LogP) is 6.29. The minimum Gasteiger partial charge on any atom is -0.399 e. The Kier molecular flexibility index (Phi) is 13.8. The predicted molar refractivity (Wildman–Crippen MR) is 134 cm³/mol. The number of rotatable bonds is 6. The molecule has 0 radical (unpaired) electrons. The van der Waals surface area contributed by atoms with Gasteiger partial charge >= 0.3 is 7.12 Å². The van der Waals surface area contributed by atoms with Crippen LogP contribution in [0, 0.1) is 0 Å². The molecule has 0 bridgehead atoms. The fourth-order valence-electron chi connectivity index (χ4n) is 2.18. The summed E-state index contributed by atoms with van der Waals surface area (Å²) in [7, 11) is -0.488. The average Bonchev–Trinajstić information content (AvgIpc) is 2.85. The summed E-state index contributed by atoms with van der Waals surface area (Å²) in [6, 6.07) is 5.80. The van der Waals surface area contributed by atoms with Crippen LogP contribution in [0.1, 0.15) is 72.7 Å². The summed E-state index contributed by atoms with van der Waals surface area (Å²) in [5.41, 5.74) is 0.651. The number of carbonyl (C=O) groups is 1. The van der Waals surface area contributed by atoms with Gasteiger partial charge in [0.05, 0.1) is 23.8 Å². The zero-order valence-corrected chi connectivity index (χ0v) is 22.6. The van der Waals surface area contributed by atoms with Gasteiger partial charge in [0.2, 0.25) is 0 Å². The van der Waals surface area contributed by atoms with E-state index in [1.165, 1.54) is 0 Å². The van der Waals surface area contributed by atoms with Gasteiger partial charge in [-0.1, -0.05) is 26.8 Å². The van der Waals surface area contributed by atoms with Crippen LogP contribution in [0.3, 0.4) is 0 Å². The van der Waals surface area contributed by atoms with Gasteiger partial charge < -0.3 is 13.8 Å². The van der Waals surface area contributed by atoms with E-state index in [9.17, 15) is 4.79 Å². The molecule has 0 aliphatic carbocycles. The van der Waals surface area contributed by atoms with Crippen LogP contribution in [0.4, 0.5) is 0 Å². The van der Waals surface area contributed by atoms with Gasteiger partial charge in [0, 0.05) is 10.5 Å². The Bertz CT molecular complexity index is 584. The van der Waals surface area contributed by atoms with Gasteiger partial charge in [-0.2, -0.15) is 0 Å². The molecule has 28 heavy (non-hydrogen) atoms. The second-order valence-corrected chi connectivity index (χ2v) is 10.2. The number of benzene rings is 1. The van der Waals surface area contributed by atoms with E-state index in [-0.39, 0.29) is 0 Å². The van der Waals surface area contributed by atoms with Gasteiger partial charge in [0.15, 0.2) is 0 Å². The van der Waals surface area contributed by atoms with Gasteiger partial charge in [-0.3, -0.25) is 4.79 Å². The maximum atomic E-state index is 11.3. The third kappa shape index (κ3) is 8.61. The number of halogens is 1. The van der Waals surface area contributed by atoms with E-state index in [0.717, 1.165) is 22.4 Å². The van der Waals surface area contributed by atoms with Crippen LogP contribution >= 0.6 is 40.3 Å². The zero-order chi connectivity index (χ0) is 22.0. The van der Waals surface area contributed by atoms with Crippen LogP contribution < -0.4 is 5.46 Å². The standard InChI is InChI=1S/C15H21BO3S.C3H8IOP.C2H6/c1-6-20-12-8-7-11(10-17)13(9-12)16-18-14(2,3)15(4,5)19-16;1-3(2)5-6-4;1-2/h7-10H,6H2,1-5H3;3,6H,1-2H3;1-2H3. The lowest BCUT2D eigenvalue weighted by atomic mass is 9.76. The van der Waals surface area contributed by atoms with Crippen LogP contribution in [-0.4, -0.2) is 36.5 Å². The second-order valence-electron chi connectivity index (χ2n) is 7.17. The molecule has 1 fully saturated rings. The lowest BCUT2D eigenvalue weighted by Gasteiger charge is -2.32. The van der Waals surface area contributed by atoms with Crippen LogP contribution in [0.15, 0.2) is 23.1 Å². The van der Waals surface area contributed by atoms with E-state index in [1.54, 1.807) is 11.8 Å². The number of aldehydes is 1. The van der Waals surface area contributed by atoms with Gasteiger partial charge in [-0.15, -0.1) is 11.8 Å². The quantitative estimate of drug-likeness (QED) is 0.140. The summed E-state index contributed by atoms with van der Waals surface area (Å²) >= 11 is 3.95. The largest absolute Gasteiger partial charge is 0.495 e. The molecule has 1 aliphatic rings. The highest BCUT2D eigenvalue weighted by Gasteiger charge is 2.52. The summed E-state index contributed by atoms with van der Waals surface area (Å²) in [4.78, 5) is 12.4. The molecule has 0 N–H and O–H groups in total. The Balaban J connectivity index is 0.000000780. The van der Waals surface area contributed by atoms with Crippen LogP contribution in [0.25, 0.3) is 0 Å². The monoisotopic (exact) mass is 540 g/mol. The van der Waals surface area contributed by atoms with Crippen LogP contribution in [-0.2, 0) is 13.8 Å².